The van der Waals surface area contributed by atoms with E-state index in [1.54, 1.807) is 7.05 Å². The van der Waals surface area contributed by atoms with Gasteiger partial charge in [-0.15, -0.1) is 24.0 Å². The van der Waals surface area contributed by atoms with Gasteiger partial charge in [-0.1, -0.05) is 6.92 Å². The molecule has 0 bridgehead atoms. The van der Waals surface area contributed by atoms with Crippen LogP contribution in [0.2, 0.25) is 0 Å². The highest BCUT2D eigenvalue weighted by molar-refractivity contribution is 14.0. The van der Waals surface area contributed by atoms with Crippen molar-refractivity contribution in [1.29, 1.82) is 0 Å². The monoisotopic (exact) mass is 483 g/mol. The van der Waals surface area contributed by atoms with E-state index in [1.165, 1.54) is 25.9 Å². The summed E-state index contributed by atoms with van der Waals surface area (Å²) in [5.74, 6) is 1.54. The number of amides is 1. The average Bonchev–Trinajstić information content (AvgIpc) is 2.52. The number of likely N-dealkylation sites (tertiary alicyclic amines) is 1. The van der Waals surface area contributed by atoms with E-state index >= 15 is 0 Å². The molecule has 0 aromatic carbocycles. The smallest absolute Gasteiger partial charge is 0.407 e. The predicted octanol–water partition coefficient (Wildman–Crippen LogP) is 2.41. The first kappa shape index (κ1) is 25.2. The van der Waals surface area contributed by atoms with Gasteiger partial charge in [-0.05, 0) is 53.0 Å². The van der Waals surface area contributed by atoms with Gasteiger partial charge in [-0.25, -0.2) is 4.79 Å². The number of aliphatic imine (C=N–C) groups is 1. The molecule has 0 spiro atoms. The first-order valence-corrected chi connectivity index (χ1v) is 9.36. The van der Waals surface area contributed by atoms with Crippen molar-refractivity contribution in [2.45, 2.75) is 59.1 Å². The second kappa shape index (κ2) is 12.6. The number of alkyl carbamates (subject to hydrolysis) is 1. The molecule has 2 unspecified atom stereocenters. The maximum atomic E-state index is 11.6. The molecule has 1 aliphatic heterocycles. The molecule has 8 heteroatoms. The Morgan fingerprint density at radius 2 is 1.92 bits per heavy atom. The summed E-state index contributed by atoms with van der Waals surface area (Å²) < 4.78 is 5.20. The highest BCUT2D eigenvalue weighted by Gasteiger charge is 2.21. The maximum absolute atomic E-state index is 11.6. The molecule has 3 N–H and O–H groups in total. The molecule has 1 amide bonds. The Bertz CT molecular complexity index is 440. The van der Waals surface area contributed by atoms with Crippen molar-refractivity contribution >= 4 is 36.0 Å². The summed E-state index contributed by atoms with van der Waals surface area (Å²) in [5, 5.41) is 9.29. The van der Waals surface area contributed by atoms with E-state index < -0.39 is 11.7 Å². The highest BCUT2D eigenvalue weighted by atomic mass is 127. The first-order chi connectivity index (χ1) is 11.7. The normalized spacial score (nSPS) is 19.9. The van der Waals surface area contributed by atoms with Crippen molar-refractivity contribution < 1.29 is 9.53 Å². The summed E-state index contributed by atoms with van der Waals surface area (Å²) in [4.78, 5) is 18.3. The second-order valence-corrected chi connectivity index (χ2v) is 7.90. The minimum atomic E-state index is -0.475. The number of nitrogens with one attached hydrogen (secondary N) is 3. The summed E-state index contributed by atoms with van der Waals surface area (Å²) >= 11 is 0. The van der Waals surface area contributed by atoms with Gasteiger partial charge in [0.05, 0.1) is 0 Å². The summed E-state index contributed by atoms with van der Waals surface area (Å²) in [6, 6.07) is 0.473. The molecule has 1 heterocycles. The molecule has 1 saturated heterocycles. The van der Waals surface area contributed by atoms with E-state index in [9.17, 15) is 4.79 Å². The van der Waals surface area contributed by atoms with Gasteiger partial charge in [-0.2, -0.15) is 0 Å². The van der Waals surface area contributed by atoms with Gasteiger partial charge >= 0.3 is 6.09 Å². The molecular weight excluding hydrogens is 445 g/mol. The Morgan fingerprint density at radius 3 is 2.50 bits per heavy atom. The van der Waals surface area contributed by atoms with E-state index in [0.29, 0.717) is 19.1 Å². The van der Waals surface area contributed by atoms with Crippen LogP contribution < -0.4 is 16.0 Å². The molecule has 0 aromatic heterocycles. The molecule has 7 nitrogen and oxygen atoms in total. The molecule has 0 aromatic rings. The van der Waals surface area contributed by atoms with Gasteiger partial charge in [0.25, 0.3) is 0 Å². The summed E-state index contributed by atoms with van der Waals surface area (Å²) in [7, 11) is 1.75. The van der Waals surface area contributed by atoms with Gasteiger partial charge in [0.2, 0.25) is 0 Å². The average molecular weight is 483 g/mol. The lowest BCUT2D eigenvalue weighted by atomic mass is 9.99. The fraction of sp³-hybridized carbons (Fsp3) is 0.889. The number of carbonyl (C=O) groups is 1. The van der Waals surface area contributed by atoms with Gasteiger partial charge in [-0.3, -0.25) is 9.89 Å². The molecule has 154 valence electrons. The Balaban J connectivity index is 0.00000625. The van der Waals surface area contributed by atoms with Crippen molar-refractivity contribution in [3.05, 3.63) is 0 Å². The van der Waals surface area contributed by atoms with E-state index in [-0.39, 0.29) is 24.0 Å². The lowest BCUT2D eigenvalue weighted by Crippen LogP contribution is -2.49. The molecule has 0 radical (unpaired) electrons. The standard InChI is InChI=1S/C18H37N5O2.HI/c1-14-8-7-11-23(13-14)15(2)12-22-16(19-6)20-9-10-21-17(24)25-18(3,4)5;/h14-15H,7-13H2,1-6H3,(H,21,24)(H2,19,20,22);1H. The Kier molecular flexibility index (Phi) is 12.2. The number of hydrogen-bond acceptors (Lipinski definition) is 4. The van der Waals surface area contributed by atoms with Gasteiger partial charge in [0.15, 0.2) is 5.96 Å². The molecule has 26 heavy (non-hydrogen) atoms. The largest absolute Gasteiger partial charge is 0.444 e. The van der Waals surface area contributed by atoms with Crippen LogP contribution in [-0.2, 0) is 4.74 Å². The molecule has 1 rings (SSSR count). The SMILES string of the molecule is CN=C(NCCNC(=O)OC(C)(C)C)NCC(C)N1CCCC(C)C1.I. The van der Waals surface area contributed by atoms with Crippen LogP contribution in [0.5, 0.6) is 0 Å². The minimum Gasteiger partial charge on any atom is -0.444 e. The quantitative estimate of drug-likeness (QED) is 0.234. The summed E-state index contributed by atoms with van der Waals surface area (Å²) in [5.41, 5.74) is -0.475. The van der Waals surface area contributed by atoms with E-state index in [0.717, 1.165) is 18.4 Å². The van der Waals surface area contributed by atoms with E-state index in [4.69, 9.17) is 4.74 Å². The van der Waals surface area contributed by atoms with Crippen LogP contribution in [0.3, 0.4) is 0 Å². The topological polar surface area (TPSA) is 78.0 Å². The Labute approximate surface area is 176 Å². The van der Waals surface area contributed by atoms with E-state index in [2.05, 4.69) is 39.7 Å². The number of rotatable bonds is 6. The third-order valence-corrected chi connectivity index (χ3v) is 4.19. The number of guanidine groups is 1. The van der Waals surface area contributed by atoms with Crippen molar-refractivity contribution in [2.75, 3.05) is 39.8 Å². The van der Waals surface area contributed by atoms with Crippen LogP contribution in [0.15, 0.2) is 4.99 Å². The van der Waals surface area contributed by atoms with Crippen LogP contribution in [0.1, 0.15) is 47.5 Å². The first-order valence-electron chi connectivity index (χ1n) is 9.36. The van der Waals surface area contributed by atoms with Crippen molar-refractivity contribution in [3.8, 4) is 0 Å². The fourth-order valence-corrected chi connectivity index (χ4v) is 2.88. The van der Waals surface area contributed by atoms with Gasteiger partial charge in [0.1, 0.15) is 5.60 Å². The van der Waals surface area contributed by atoms with Gasteiger partial charge < -0.3 is 20.7 Å². The Morgan fingerprint density at radius 1 is 1.27 bits per heavy atom. The zero-order chi connectivity index (χ0) is 18.9. The molecule has 0 aliphatic carbocycles. The predicted molar refractivity (Wildman–Crippen MR) is 118 cm³/mol. The second-order valence-electron chi connectivity index (χ2n) is 7.90. The van der Waals surface area contributed by atoms with Crippen molar-refractivity contribution in [1.82, 2.24) is 20.9 Å². The van der Waals surface area contributed by atoms with Crippen LogP contribution in [0.4, 0.5) is 4.79 Å². The van der Waals surface area contributed by atoms with Crippen LogP contribution in [-0.4, -0.2) is 68.4 Å². The fourth-order valence-electron chi connectivity index (χ4n) is 2.88. The number of ether oxygens (including phenoxy) is 1. The number of carbonyl (C=O) groups excluding carboxylic acids is 1. The minimum absolute atomic E-state index is 0. The number of hydrogen-bond donors (Lipinski definition) is 3. The molecule has 1 fully saturated rings. The van der Waals surface area contributed by atoms with Gasteiger partial charge in [0, 0.05) is 39.3 Å². The summed E-state index contributed by atoms with van der Waals surface area (Å²) in [6.07, 6.45) is 2.23. The number of halogens is 1. The Hall–Kier alpha value is -0.770. The molecule has 0 saturated carbocycles. The number of nitrogens with zero attached hydrogens (tertiary/aromatic N) is 2. The third kappa shape index (κ3) is 11.1. The maximum Gasteiger partial charge on any atom is 0.407 e. The van der Waals surface area contributed by atoms with Crippen molar-refractivity contribution in [3.63, 3.8) is 0 Å². The third-order valence-electron chi connectivity index (χ3n) is 4.19. The molecule has 1 aliphatic rings. The summed E-state index contributed by atoms with van der Waals surface area (Å²) in [6.45, 7) is 14.4. The zero-order valence-electron chi connectivity index (χ0n) is 17.2. The van der Waals surface area contributed by atoms with Crippen molar-refractivity contribution in [2.24, 2.45) is 10.9 Å². The van der Waals surface area contributed by atoms with E-state index in [1.807, 2.05) is 20.8 Å². The van der Waals surface area contributed by atoms with Crippen LogP contribution >= 0.6 is 24.0 Å². The highest BCUT2D eigenvalue weighted by Crippen LogP contribution is 2.17. The number of piperidine rings is 1. The van der Waals surface area contributed by atoms with Crippen LogP contribution in [0.25, 0.3) is 0 Å². The zero-order valence-corrected chi connectivity index (χ0v) is 19.6. The lowest BCUT2D eigenvalue weighted by molar-refractivity contribution is 0.0529. The molecular formula is C18H38IN5O2. The van der Waals surface area contributed by atoms with Crippen LogP contribution in [0, 0.1) is 5.92 Å². The lowest BCUT2D eigenvalue weighted by Gasteiger charge is -2.35. The molecule has 2 atom stereocenters.